The summed E-state index contributed by atoms with van der Waals surface area (Å²) in [5, 5.41) is 9.56. The van der Waals surface area contributed by atoms with E-state index in [4.69, 9.17) is 0 Å². The number of aromatic nitrogens is 2. The Kier molecular flexibility index (Phi) is 3.49. The van der Waals surface area contributed by atoms with E-state index in [2.05, 4.69) is 0 Å². The first-order chi connectivity index (χ1) is 9.91. The fourth-order valence-electron chi connectivity index (χ4n) is 2.98. The summed E-state index contributed by atoms with van der Waals surface area (Å²) >= 11 is 0. The molecule has 2 rings (SSSR count). The molecule has 0 aromatic carbocycles. The lowest BCUT2D eigenvalue weighted by molar-refractivity contribution is -0.121. The summed E-state index contributed by atoms with van der Waals surface area (Å²) in [4.78, 5) is 38.7. The van der Waals surface area contributed by atoms with Crippen molar-refractivity contribution in [3.63, 3.8) is 0 Å². The van der Waals surface area contributed by atoms with Crippen molar-refractivity contribution in [2.24, 2.45) is 0 Å². The van der Waals surface area contributed by atoms with Crippen LogP contribution in [0.2, 0.25) is 0 Å². The molecular formula is C14H18N4O3. The molecule has 0 saturated heterocycles. The number of hydrogen-bond acceptors (Lipinski definition) is 4. The normalized spacial score (nSPS) is 20.5. The Hall–Kier alpha value is -2.36. The predicted molar refractivity (Wildman–Crippen MR) is 77.3 cm³/mol. The zero-order chi connectivity index (χ0) is 15.9. The molecule has 1 aliphatic rings. The van der Waals surface area contributed by atoms with Gasteiger partial charge in [-0.25, -0.2) is 4.79 Å². The Morgan fingerprint density at radius 1 is 1.10 bits per heavy atom. The fraction of sp³-hybridized carbons (Fsp3) is 0.571. The van der Waals surface area contributed by atoms with Gasteiger partial charge >= 0.3 is 5.69 Å². The van der Waals surface area contributed by atoms with Crippen LogP contribution in [-0.4, -0.2) is 22.1 Å². The fourth-order valence-corrected chi connectivity index (χ4v) is 2.98. The van der Waals surface area contributed by atoms with Crippen LogP contribution < -0.4 is 16.1 Å². The van der Waals surface area contributed by atoms with Crippen molar-refractivity contribution in [3.05, 3.63) is 26.5 Å². The van der Waals surface area contributed by atoms with Crippen molar-refractivity contribution < 1.29 is 4.79 Å². The number of nitrogens with zero attached hydrogens (tertiary/aromatic N) is 4. The van der Waals surface area contributed by atoms with Gasteiger partial charge < -0.3 is 4.90 Å². The number of anilines is 1. The molecule has 21 heavy (non-hydrogen) atoms. The van der Waals surface area contributed by atoms with E-state index in [9.17, 15) is 19.6 Å². The van der Waals surface area contributed by atoms with Crippen LogP contribution >= 0.6 is 0 Å². The minimum Gasteiger partial charge on any atom is -0.307 e. The molecule has 2 heterocycles. The minimum atomic E-state index is -1.45. The Balaban J connectivity index is 3.08. The van der Waals surface area contributed by atoms with Gasteiger partial charge in [-0.05, 0) is 20.3 Å². The average Bonchev–Trinajstić information content (AvgIpc) is 2.70. The number of carbonyl (C=O) groups is 1. The number of amides is 1. The number of likely N-dealkylation sites (N-methyl/N-ethyl adjacent to an activating group) is 1. The predicted octanol–water partition coefficient (Wildman–Crippen LogP) is 0.198. The van der Waals surface area contributed by atoms with Crippen LogP contribution in [0.3, 0.4) is 0 Å². The maximum absolute atomic E-state index is 12.5. The second kappa shape index (κ2) is 4.88. The van der Waals surface area contributed by atoms with Gasteiger partial charge in [0.2, 0.25) is 0 Å². The standard InChI is InChI=1S/C14H18N4O3/c1-5-14(8-15)10-9(16(4)12(14)20)11(19)18(7-3)13(21)17(10)6-2/h5-7H2,1-4H3. The lowest BCUT2D eigenvalue weighted by atomic mass is 9.84. The van der Waals surface area contributed by atoms with Gasteiger partial charge in [0, 0.05) is 20.1 Å². The number of fused-ring (bicyclic) bond motifs is 1. The molecule has 7 nitrogen and oxygen atoms in total. The second-order valence-corrected chi connectivity index (χ2v) is 5.01. The molecule has 112 valence electrons. The first-order valence-electron chi connectivity index (χ1n) is 6.98. The summed E-state index contributed by atoms with van der Waals surface area (Å²) in [5.74, 6) is -0.449. The van der Waals surface area contributed by atoms with E-state index >= 15 is 0 Å². The maximum Gasteiger partial charge on any atom is 0.331 e. The summed E-state index contributed by atoms with van der Waals surface area (Å²) in [6.07, 6.45) is 0.217. The van der Waals surface area contributed by atoms with E-state index in [1.807, 2.05) is 6.07 Å². The molecule has 1 amide bonds. The summed E-state index contributed by atoms with van der Waals surface area (Å²) in [7, 11) is 1.47. The molecule has 7 heteroatoms. The largest absolute Gasteiger partial charge is 0.331 e. The minimum absolute atomic E-state index is 0.145. The van der Waals surface area contributed by atoms with Gasteiger partial charge in [0.15, 0.2) is 5.41 Å². The number of hydrogen-bond donors (Lipinski definition) is 0. The molecule has 0 N–H and O–H groups in total. The highest BCUT2D eigenvalue weighted by Crippen LogP contribution is 2.40. The van der Waals surface area contributed by atoms with Gasteiger partial charge in [-0.2, -0.15) is 5.26 Å². The lowest BCUT2D eigenvalue weighted by Crippen LogP contribution is -2.43. The van der Waals surface area contributed by atoms with Crippen LogP contribution in [0.5, 0.6) is 0 Å². The van der Waals surface area contributed by atoms with E-state index in [1.54, 1.807) is 20.8 Å². The van der Waals surface area contributed by atoms with Crippen molar-refractivity contribution in [2.45, 2.75) is 45.7 Å². The summed E-state index contributed by atoms with van der Waals surface area (Å²) in [6.45, 7) is 5.68. The zero-order valence-corrected chi connectivity index (χ0v) is 12.6. The summed E-state index contributed by atoms with van der Waals surface area (Å²) < 4.78 is 2.46. The Bertz CT molecular complexity index is 768. The SMILES string of the molecule is CCn1c2c(c(=O)n(CC)c1=O)N(C)C(=O)C2(C#N)CC. The van der Waals surface area contributed by atoms with Crippen LogP contribution in [0.4, 0.5) is 5.69 Å². The average molecular weight is 290 g/mol. The molecule has 0 aliphatic carbocycles. The monoisotopic (exact) mass is 290 g/mol. The Morgan fingerprint density at radius 2 is 1.67 bits per heavy atom. The first-order valence-corrected chi connectivity index (χ1v) is 6.98. The Labute approximate surface area is 122 Å². The van der Waals surface area contributed by atoms with E-state index in [0.717, 1.165) is 4.57 Å². The molecule has 1 aromatic rings. The van der Waals surface area contributed by atoms with Crippen molar-refractivity contribution in [3.8, 4) is 6.07 Å². The van der Waals surface area contributed by atoms with E-state index in [1.165, 1.54) is 16.5 Å². The second-order valence-electron chi connectivity index (χ2n) is 5.01. The molecule has 1 aliphatic heterocycles. The van der Waals surface area contributed by atoms with Gasteiger partial charge in [-0.1, -0.05) is 6.92 Å². The van der Waals surface area contributed by atoms with Crippen LogP contribution in [0.25, 0.3) is 0 Å². The number of nitriles is 1. The van der Waals surface area contributed by atoms with Gasteiger partial charge in [-0.15, -0.1) is 0 Å². The first kappa shape index (κ1) is 15.0. The molecule has 0 fully saturated rings. The van der Waals surface area contributed by atoms with Crippen molar-refractivity contribution in [1.29, 1.82) is 5.26 Å². The molecule has 1 aromatic heterocycles. The van der Waals surface area contributed by atoms with E-state index in [-0.39, 0.29) is 24.3 Å². The van der Waals surface area contributed by atoms with Crippen molar-refractivity contribution >= 4 is 11.6 Å². The van der Waals surface area contributed by atoms with Crippen LogP contribution in [0, 0.1) is 11.3 Å². The maximum atomic E-state index is 12.5. The highest BCUT2D eigenvalue weighted by molar-refractivity contribution is 6.09. The summed E-state index contributed by atoms with van der Waals surface area (Å²) in [6, 6.07) is 2.03. The van der Waals surface area contributed by atoms with E-state index in [0.29, 0.717) is 6.54 Å². The topological polar surface area (TPSA) is 88.1 Å². The van der Waals surface area contributed by atoms with Gasteiger partial charge in [0.05, 0.1) is 11.8 Å². The zero-order valence-electron chi connectivity index (χ0n) is 12.6. The molecular weight excluding hydrogens is 272 g/mol. The van der Waals surface area contributed by atoms with Crippen molar-refractivity contribution in [2.75, 3.05) is 11.9 Å². The third-order valence-electron chi connectivity index (χ3n) is 4.17. The van der Waals surface area contributed by atoms with Gasteiger partial charge in [-0.3, -0.25) is 18.7 Å². The number of rotatable bonds is 3. The molecule has 0 radical (unpaired) electrons. The number of carbonyl (C=O) groups excluding carboxylic acids is 1. The van der Waals surface area contributed by atoms with Crippen LogP contribution in [0.15, 0.2) is 9.59 Å². The van der Waals surface area contributed by atoms with Gasteiger partial charge in [0.25, 0.3) is 11.5 Å². The molecule has 0 spiro atoms. The molecule has 1 atom stereocenters. The molecule has 1 unspecified atom stereocenters. The van der Waals surface area contributed by atoms with E-state index < -0.39 is 22.6 Å². The highest BCUT2D eigenvalue weighted by Gasteiger charge is 2.53. The quantitative estimate of drug-likeness (QED) is 0.795. The third-order valence-corrected chi connectivity index (χ3v) is 4.17. The van der Waals surface area contributed by atoms with Crippen LogP contribution in [0.1, 0.15) is 32.9 Å². The molecule has 0 saturated carbocycles. The van der Waals surface area contributed by atoms with Crippen LogP contribution in [-0.2, 0) is 23.3 Å². The highest BCUT2D eigenvalue weighted by atomic mass is 16.2. The third kappa shape index (κ3) is 1.62. The summed E-state index contributed by atoms with van der Waals surface area (Å²) in [5.41, 5.74) is -2.05. The smallest absolute Gasteiger partial charge is 0.307 e. The van der Waals surface area contributed by atoms with Gasteiger partial charge in [0.1, 0.15) is 5.69 Å². The lowest BCUT2D eigenvalue weighted by Gasteiger charge is -2.20. The van der Waals surface area contributed by atoms with Crippen molar-refractivity contribution in [1.82, 2.24) is 9.13 Å². The molecule has 0 bridgehead atoms. The Morgan fingerprint density at radius 3 is 2.10 bits per heavy atom.